The molecule has 0 aromatic carbocycles. The fourth-order valence-electron chi connectivity index (χ4n) is 3.18. The Morgan fingerprint density at radius 1 is 0.786 bits per heavy atom. The summed E-state index contributed by atoms with van der Waals surface area (Å²) in [6, 6.07) is 0. The Morgan fingerprint density at radius 2 is 1.07 bits per heavy atom. The zero-order valence-electron chi connectivity index (χ0n) is 18.8. The molecule has 6 atom stereocenters. The molecule has 164 valence electrons. The van der Waals surface area contributed by atoms with Crippen LogP contribution in [0.5, 0.6) is 0 Å². The molecule has 0 amide bonds. The maximum Gasteiger partial charge on any atom is 0.309 e. The molecule has 0 bridgehead atoms. The number of carbonyl (C=O) groups excluding carboxylic acids is 2. The molecule has 0 heterocycles. The fraction of sp³-hybridized carbons (Fsp3) is 0.909. The average Bonchev–Trinajstić information content (AvgIpc) is 3.43. The molecule has 0 aliphatic heterocycles. The lowest BCUT2D eigenvalue weighted by molar-refractivity contribution is -0.158. The number of carbonyl (C=O) groups is 2. The monoisotopic (exact) mass is 400 g/mol. The quantitative estimate of drug-likeness (QED) is 0.663. The largest absolute Gasteiger partial charge is 0.460 e. The molecule has 2 N–H and O–H groups in total. The molecular formula is C22H40O6. The van der Waals surface area contributed by atoms with E-state index in [-0.39, 0.29) is 47.8 Å². The highest BCUT2D eigenvalue weighted by Crippen LogP contribution is 2.44. The Kier molecular flexibility index (Phi) is 8.51. The van der Waals surface area contributed by atoms with Crippen molar-refractivity contribution < 1.29 is 29.3 Å². The number of aliphatic hydroxyl groups excluding tert-OH is 2. The maximum absolute atomic E-state index is 11.5. The van der Waals surface area contributed by atoms with Crippen molar-refractivity contribution in [3.05, 3.63) is 0 Å². The van der Waals surface area contributed by atoms with Gasteiger partial charge in [0.15, 0.2) is 0 Å². The predicted octanol–water partition coefficient (Wildman–Crippen LogP) is 3.47. The van der Waals surface area contributed by atoms with Gasteiger partial charge in [-0.25, -0.2) is 0 Å². The van der Waals surface area contributed by atoms with Gasteiger partial charge in [0.1, 0.15) is 11.2 Å². The van der Waals surface area contributed by atoms with Crippen LogP contribution >= 0.6 is 0 Å². The lowest BCUT2D eigenvalue weighted by atomic mass is 10.1. The number of ether oxygens (including phenoxy) is 2. The summed E-state index contributed by atoms with van der Waals surface area (Å²) in [5, 5.41) is 19.0. The van der Waals surface area contributed by atoms with Gasteiger partial charge in [-0.2, -0.15) is 0 Å². The zero-order valence-corrected chi connectivity index (χ0v) is 18.8. The molecule has 28 heavy (non-hydrogen) atoms. The third kappa shape index (κ3) is 8.48. The van der Waals surface area contributed by atoms with Crippen LogP contribution in [0.1, 0.15) is 81.1 Å². The van der Waals surface area contributed by atoms with E-state index >= 15 is 0 Å². The SMILES string of the molecule is CC[C@@H](O)[C@@H]1C[C@H]1C(=O)OC(C)(C)C.CC[C@@H](O)[C@H]1C[C@@H]1C(=O)OC(C)(C)C. The summed E-state index contributed by atoms with van der Waals surface area (Å²) in [7, 11) is 0. The second kappa shape index (κ2) is 9.57. The van der Waals surface area contributed by atoms with Gasteiger partial charge in [0.25, 0.3) is 0 Å². The Balaban J connectivity index is 0.000000280. The molecule has 2 fully saturated rings. The van der Waals surface area contributed by atoms with Crippen molar-refractivity contribution in [3.63, 3.8) is 0 Å². The smallest absolute Gasteiger partial charge is 0.309 e. The van der Waals surface area contributed by atoms with E-state index < -0.39 is 11.2 Å². The van der Waals surface area contributed by atoms with E-state index in [0.717, 1.165) is 12.8 Å². The van der Waals surface area contributed by atoms with E-state index in [1.54, 1.807) is 0 Å². The first kappa shape index (κ1) is 24.9. The molecule has 0 aromatic heterocycles. The number of aliphatic hydroxyl groups is 2. The third-order valence-electron chi connectivity index (χ3n) is 4.92. The van der Waals surface area contributed by atoms with Crippen LogP contribution in [0, 0.1) is 23.7 Å². The van der Waals surface area contributed by atoms with Crippen molar-refractivity contribution in [2.24, 2.45) is 23.7 Å². The Hall–Kier alpha value is -1.14. The maximum atomic E-state index is 11.5. The molecule has 6 heteroatoms. The summed E-state index contributed by atoms with van der Waals surface area (Å²) in [4.78, 5) is 23.0. The van der Waals surface area contributed by atoms with Gasteiger partial charge in [-0.15, -0.1) is 0 Å². The second-order valence-corrected chi connectivity index (χ2v) is 10.0. The van der Waals surface area contributed by atoms with Crippen molar-refractivity contribution in [3.8, 4) is 0 Å². The van der Waals surface area contributed by atoms with E-state index in [9.17, 15) is 19.8 Å². The standard InChI is InChI=1S/2C11H20O3/c2*1-5-9(12)7-6-8(7)10(13)14-11(2,3)4/h2*7-9,12H,5-6H2,1-4H3/t7-,8-,9+;7-,8-,9-/m01/s1. The van der Waals surface area contributed by atoms with Gasteiger partial charge in [0, 0.05) is 0 Å². The number of esters is 2. The van der Waals surface area contributed by atoms with Gasteiger partial charge in [0.2, 0.25) is 0 Å². The summed E-state index contributed by atoms with van der Waals surface area (Å²) in [5.74, 6) is -0.178. The summed E-state index contributed by atoms with van der Waals surface area (Å²) in [6.07, 6.45) is 2.31. The molecule has 6 nitrogen and oxygen atoms in total. The number of hydrogen-bond acceptors (Lipinski definition) is 6. The highest BCUT2D eigenvalue weighted by Gasteiger charge is 2.49. The van der Waals surface area contributed by atoms with Crippen LogP contribution in [0.25, 0.3) is 0 Å². The van der Waals surface area contributed by atoms with Crippen LogP contribution in [0.15, 0.2) is 0 Å². The van der Waals surface area contributed by atoms with Crippen molar-refractivity contribution in [1.29, 1.82) is 0 Å². The van der Waals surface area contributed by atoms with Gasteiger partial charge < -0.3 is 19.7 Å². The second-order valence-electron chi connectivity index (χ2n) is 10.0. The number of hydrogen-bond donors (Lipinski definition) is 2. The Labute approximate surface area is 170 Å². The first-order valence-corrected chi connectivity index (χ1v) is 10.5. The minimum Gasteiger partial charge on any atom is -0.460 e. The lowest BCUT2D eigenvalue weighted by Crippen LogP contribution is -2.26. The molecule has 2 aliphatic rings. The van der Waals surface area contributed by atoms with Gasteiger partial charge in [0.05, 0.1) is 24.0 Å². The molecule has 2 rings (SSSR count). The van der Waals surface area contributed by atoms with Crippen molar-refractivity contribution in [2.45, 2.75) is 104 Å². The van der Waals surface area contributed by atoms with Crippen molar-refractivity contribution >= 4 is 11.9 Å². The summed E-state index contributed by atoms with van der Waals surface area (Å²) in [5.41, 5.74) is -0.831. The van der Waals surface area contributed by atoms with Crippen LogP contribution in [-0.2, 0) is 19.1 Å². The van der Waals surface area contributed by atoms with E-state index in [0.29, 0.717) is 12.8 Å². The molecule has 2 aliphatic carbocycles. The molecule has 0 saturated heterocycles. The van der Waals surface area contributed by atoms with Gasteiger partial charge in [-0.1, -0.05) is 13.8 Å². The minimum atomic E-state index is -0.415. The van der Waals surface area contributed by atoms with E-state index in [2.05, 4.69) is 0 Å². The molecule has 2 saturated carbocycles. The number of rotatable bonds is 6. The van der Waals surface area contributed by atoms with Crippen LogP contribution in [0.3, 0.4) is 0 Å². The molecule has 0 unspecified atom stereocenters. The van der Waals surface area contributed by atoms with Crippen molar-refractivity contribution in [2.75, 3.05) is 0 Å². The summed E-state index contributed by atoms with van der Waals surface area (Å²) in [6.45, 7) is 15.0. The van der Waals surface area contributed by atoms with E-state index in [1.165, 1.54) is 0 Å². The Morgan fingerprint density at radius 3 is 1.29 bits per heavy atom. The van der Waals surface area contributed by atoms with Gasteiger partial charge in [-0.05, 0) is 79.1 Å². The van der Waals surface area contributed by atoms with Crippen LogP contribution in [0.4, 0.5) is 0 Å². The molecule has 0 radical (unpaired) electrons. The van der Waals surface area contributed by atoms with Crippen LogP contribution in [-0.4, -0.2) is 45.6 Å². The zero-order chi connectivity index (χ0) is 21.9. The van der Waals surface area contributed by atoms with Gasteiger partial charge >= 0.3 is 11.9 Å². The molecular weight excluding hydrogens is 360 g/mol. The summed E-state index contributed by atoms with van der Waals surface area (Å²) >= 11 is 0. The predicted molar refractivity (Wildman–Crippen MR) is 107 cm³/mol. The Bertz CT molecular complexity index is 482. The first-order chi connectivity index (χ1) is 12.7. The van der Waals surface area contributed by atoms with Gasteiger partial charge in [-0.3, -0.25) is 9.59 Å². The van der Waals surface area contributed by atoms with Crippen molar-refractivity contribution in [1.82, 2.24) is 0 Å². The van der Waals surface area contributed by atoms with Crippen LogP contribution < -0.4 is 0 Å². The van der Waals surface area contributed by atoms with Crippen LogP contribution in [0.2, 0.25) is 0 Å². The molecule has 0 spiro atoms. The fourth-order valence-corrected chi connectivity index (χ4v) is 3.18. The third-order valence-corrected chi connectivity index (χ3v) is 4.92. The topological polar surface area (TPSA) is 93.1 Å². The molecule has 0 aromatic rings. The minimum absolute atomic E-state index is 0.0656. The van der Waals surface area contributed by atoms with E-state index in [4.69, 9.17) is 9.47 Å². The van der Waals surface area contributed by atoms with E-state index in [1.807, 2.05) is 55.4 Å². The highest BCUT2D eigenvalue weighted by atomic mass is 16.6. The lowest BCUT2D eigenvalue weighted by Gasteiger charge is -2.19. The first-order valence-electron chi connectivity index (χ1n) is 10.5. The normalized spacial score (nSPS) is 28.4. The summed E-state index contributed by atoms with van der Waals surface area (Å²) < 4.78 is 10.5. The average molecular weight is 401 g/mol. The highest BCUT2D eigenvalue weighted by molar-refractivity contribution is 5.76.